The molecule has 4 unspecified atom stereocenters. The first-order chi connectivity index (χ1) is 13.2. The normalized spacial score (nSPS) is 20.6. The fraction of sp³-hybridized carbons (Fsp3) is 0.600. The van der Waals surface area contributed by atoms with Gasteiger partial charge in [0.2, 0.25) is 0 Å². The Kier molecular flexibility index (Phi) is 10.7. The molecule has 4 atom stereocenters. The highest BCUT2D eigenvalue weighted by Crippen LogP contribution is 2.28. The van der Waals surface area contributed by atoms with Gasteiger partial charge in [0.1, 0.15) is 6.23 Å². The van der Waals surface area contributed by atoms with E-state index in [1.807, 2.05) is 13.0 Å². The van der Waals surface area contributed by atoms with Crippen molar-refractivity contribution in [3.63, 3.8) is 0 Å². The van der Waals surface area contributed by atoms with Crippen LogP contribution in [0.5, 0.6) is 0 Å². The molecule has 0 bridgehead atoms. The Hall–Kier alpha value is -1.42. The lowest BCUT2D eigenvalue weighted by Gasteiger charge is -2.31. The fourth-order valence-electron chi connectivity index (χ4n) is 3.67. The van der Waals surface area contributed by atoms with Crippen molar-refractivity contribution in [2.45, 2.75) is 78.2 Å². The van der Waals surface area contributed by atoms with E-state index in [-0.39, 0.29) is 24.5 Å². The van der Waals surface area contributed by atoms with Gasteiger partial charge in [-0.25, -0.2) is 0 Å². The summed E-state index contributed by atoms with van der Waals surface area (Å²) >= 11 is 0. The molecule has 0 aliphatic heterocycles. The third-order valence-electron chi connectivity index (χ3n) is 4.90. The topological polar surface area (TPSA) is 41.5 Å². The summed E-state index contributed by atoms with van der Waals surface area (Å²) in [6.07, 6.45) is 17.0. The van der Waals surface area contributed by atoms with E-state index in [1.165, 1.54) is 5.57 Å². The highest BCUT2D eigenvalue weighted by molar-refractivity contribution is 5.29. The maximum Gasteiger partial charge on any atom is 0.106 e. The zero-order valence-corrected chi connectivity index (χ0v) is 18.6. The van der Waals surface area contributed by atoms with Gasteiger partial charge in [-0.1, -0.05) is 48.6 Å². The fourth-order valence-corrected chi connectivity index (χ4v) is 3.67. The molecule has 0 aromatic heterocycles. The number of hydrogen-bond acceptors (Lipinski definition) is 3. The molecule has 158 valence electrons. The van der Waals surface area contributed by atoms with E-state index in [1.54, 1.807) is 0 Å². The number of ether oxygens (including phenoxy) is 1. The van der Waals surface area contributed by atoms with Crippen LogP contribution in [0.1, 0.15) is 60.3 Å². The van der Waals surface area contributed by atoms with Crippen LogP contribution in [-0.4, -0.2) is 29.6 Å². The van der Waals surface area contributed by atoms with Crippen LogP contribution in [0.25, 0.3) is 0 Å². The summed E-state index contributed by atoms with van der Waals surface area (Å²) in [7, 11) is 0. The maximum absolute atomic E-state index is 9.41. The average Bonchev–Trinajstić information content (AvgIpc) is 2.61. The second-order valence-electron chi connectivity index (χ2n) is 8.79. The highest BCUT2D eigenvalue weighted by atomic mass is 16.5. The van der Waals surface area contributed by atoms with Crippen molar-refractivity contribution in [2.24, 2.45) is 11.8 Å². The van der Waals surface area contributed by atoms with Crippen molar-refractivity contribution in [3.8, 4) is 0 Å². The van der Waals surface area contributed by atoms with Crippen molar-refractivity contribution in [1.82, 2.24) is 5.32 Å². The molecule has 0 heterocycles. The molecule has 3 heteroatoms. The van der Waals surface area contributed by atoms with Gasteiger partial charge in [-0.05, 0) is 71.8 Å². The van der Waals surface area contributed by atoms with Gasteiger partial charge in [0, 0.05) is 12.0 Å². The van der Waals surface area contributed by atoms with Crippen LogP contribution in [0.2, 0.25) is 0 Å². The summed E-state index contributed by atoms with van der Waals surface area (Å²) < 4.78 is 6.02. The van der Waals surface area contributed by atoms with Crippen molar-refractivity contribution < 1.29 is 9.84 Å². The molecule has 0 amide bonds. The van der Waals surface area contributed by atoms with Crippen molar-refractivity contribution in [3.05, 3.63) is 60.8 Å². The van der Waals surface area contributed by atoms with Crippen LogP contribution in [0, 0.1) is 11.8 Å². The minimum absolute atomic E-state index is 0.0310. The Morgan fingerprint density at radius 2 is 2.14 bits per heavy atom. The second-order valence-corrected chi connectivity index (χ2v) is 8.79. The number of hydrogen-bond donors (Lipinski definition) is 2. The number of allylic oxidation sites excluding steroid dienone is 7. The lowest BCUT2D eigenvalue weighted by Crippen LogP contribution is -2.43. The molecule has 0 spiro atoms. The van der Waals surface area contributed by atoms with Crippen LogP contribution in [0.4, 0.5) is 0 Å². The first-order valence-corrected chi connectivity index (χ1v) is 10.5. The van der Waals surface area contributed by atoms with E-state index in [0.29, 0.717) is 11.8 Å². The van der Waals surface area contributed by atoms with Crippen molar-refractivity contribution in [2.75, 3.05) is 6.61 Å². The van der Waals surface area contributed by atoms with E-state index >= 15 is 0 Å². The van der Waals surface area contributed by atoms with Gasteiger partial charge in [0.05, 0.1) is 12.2 Å². The van der Waals surface area contributed by atoms with Gasteiger partial charge in [-0.3, -0.25) is 5.32 Å². The Morgan fingerprint density at radius 3 is 2.64 bits per heavy atom. The molecule has 1 aliphatic carbocycles. The number of aliphatic hydroxyl groups is 1. The summed E-state index contributed by atoms with van der Waals surface area (Å²) in [5.74, 6) is 0.860. The molecule has 1 aliphatic rings. The lowest BCUT2D eigenvalue weighted by molar-refractivity contribution is -0.0707. The average molecular weight is 388 g/mol. The molecule has 0 aromatic carbocycles. The van der Waals surface area contributed by atoms with E-state index in [4.69, 9.17) is 4.74 Å². The summed E-state index contributed by atoms with van der Waals surface area (Å²) in [6, 6.07) is 0.222. The van der Waals surface area contributed by atoms with E-state index in [9.17, 15) is 5.11 Å². The number of nitrogens with one attached hydrogen (secondary N) is 1. The largest absolute Gasteiger partial charge is 0.392 e. The van der Waals surface area contributed by atoms with Crippen LogP contribution in [0.3, 0.4) is 0 Å². The first-order valence-electron chi connectivity index (χ1n) is 10.5. The van der Waals surface area contributed by atoms with Gasteiger partial charge in [-0.15, -0.1) is 6.58 Å². The predicted molar refractivity (Wildman–Crippen MR) is 121 cm³/mol. The summed E-state index contributed by atoms with van der Waals surface area (Å²) in [5.41, 5.74) is 2.02. The molecule has 0 radical (unpaired) electrons. The maximum atomic E-state index is 9.41. The predicted octanol–water partition coefficient (Wildman–Crippen LogP) is 5.71. The van der Waals surface area contributed by atoms with Gasteiger partial charge in [-0.2, -0.15) is 0 Å². The third-order valence-corrected chi connectivity index (χ3v) is 4.90. The lowest BCUT2D eigenvalue weighted by atomic mass is 9.84. The molecule has 1 rings (SSSR count). The monoisotopic (exact) mass is 387 g/mol. The van der Waals surface area contributed by atoms with E-state index < -0.39 is 0 Å². The first kappa shape index (κ1) is 24.6. The van der Waals surface area contributed by atoms with Gasteiger partial charge >= 0.3 is 0 Å². The van der Waals surface area contributed by atoms with Crippen molar-refractivity contribution in [1.29, 1.82) is 0 Å². The van der Waals surface area contributed by atoms with E-state index in [0.717, 1.165) is 31.3 Å². The molecule has 28 heavy (non-hydrogen) atoms. The Labute approximate surface area is 173 Å². The Balaban J connectivity index is 2.70. The van der Waals surface area contributed by atoms with Gasteiger partial charge in [0.15, 0.2) is 0 Å². The third kappa shape index (κ3) is 9.68. The smallest absolute Gasteiger partial charge is 0.106 e. The molecule has 0 saturated heterocycles. The van der Waals surface area contributed by atoms with Gasteiger partial charge in [0.25, 0.3) is 0 Å². The molecule has 3 nitrogen and oxygen atoms in total. The molecule has 0 saturated carbocycles. The van der Waals surface area contributed by atoms with Crippen LogP contribution in [0.15, 0.2) is 60.8 Å². The molecule has 0 aromatic rings. The Morgan fingerprint density at radius 1 is 1.43 bits per heavy atom. The molecular formula is C25H41NO2. The zero-order valence-electron chi connectivity index (χ0n) is 18.6. The highest BCUT2D eigenvalue weighted by Gasteiger charge is 2.22. The van der Waals surface area contributed by atoms with E-state index in [2.05, 4.69) is 76.5 Å². The zero-order chi connectivity index (χ0) is 21.2. The van der Waals surface area contributed by atoms with Crippen LogP contribution >= 0.6 is 0 Å². The standard InChI is InChI=1S/C25H41NO2/c1-8-10-11-22(9-2)23-14-12-21(13-15-23)17-24(16-19(3)18-27)26-20(4)28-25(5,6)7/h8-10,12,14-15,20-22,24,26-27H,2-3,11,13,16-18H2,1,4-7H3/b10-8-. The summed E-state index contributed by atoms with van der Waals surface area (Å²) in [5, 5.41) is 13.0. The SMILES string of the molecule is C=CC(C/C=C\C)C1=CCC(CC(CC(=C)CO)NC(C)OC(C)(C)C)C=C1. The summed E-state index contributed by atoms with van der Waals surface area (Å²) in [4.78, 5) is 0. The minimum Gasteiger partial charge on any atom is -0.392 e. The quantitative estimate of drug-likeness (QED) is 0.333. The molecule has 2 N–H and O–H groups in total. The summed E-state index contributed by atoms with van der Waals surface area (Å²) in [6.45, 7) is 18.3. The Bertz CT molecular complexity index is 580. The second kappa shape index (κ2) is 12.2. The minimum atomic E-state index is -0.194. The molecule has 0 fully saturated rings. The molecular weight excluding hydrogens is 346 g/mol. The number of aliphatic hydroxyl groups excluding tert-OH is 1. The number of rotatable bonds is 12. The van der Waals surface area contributed by atoms with Crippen molar-refractivity contribution >= 4 is 0 Å². The van der Waals surface area contributed by atoms with Crippen LogP contribution < -0.4 is 5.32 Å². The van der Waals surface area contributed by atoms with Gasteiger partial charge < -0.3 is 9.84 Å². The van der Waals surface area contributed by atoms with Crippen LogP contribution in [-0.2, 0) is 4.74 Å².